The van der Waals surface area contributed by atoms with E-state index < -0.39 is 5.97 Å². The van der Waals surface area contributed by atoms with Crippen LogP contribution in [-0.4, -0.2) is 26.1 Å². The lowest BCUT2D eigenvalue weighted by Gasteiger charge is -2.08. The zero-order chi connectivity index (χ0) is 12.4. The Bertz CT molecular complexity index is 408. The van der Waals surface area contributed by atoms with Crippen LogP contribution in [0.25, 0.3) is 0 Å². The Morgan fingerprint density at radius 1 is 1.53 bits per heavy atom. The molecule has 17 heavy (non-hydrogen) atoms. The van der Waals surface area contributed by atoms with Gasteiger partial charge in [-0.3, -0.25) is 0 Å². The molecular weight excluding hydrogens is 218 g/mol. The van der Waals surface area contributed by atoms with Crippen LogP contribution in [0.15, 0.2) is 0 Å². The van der Waals surface area contributed by atoms with Crippen LogP contribution in [0.1, 0.15) is 49.3 Å². The molecule has 0 aromatic carbocycles. The lowest BCUT2D eigenvalue weighted by molar-refractivity contribution is 0.0689. The molecule has 0 atom stereocenters. The van der Waals surface area contributed by atoms with Crippen LogP contribution in [0.5, 0.6) is 0 Å². The van der Waals surface area contributed by atoms with Gasteiger partial charge in [0.2, 0.25) is 0 Å². The van der Waals surface area contributed by atoms with Gasteiger partial charge >= 0.3 is 5.97 Å². The molecule has 1 heterocycles. The van der Waals surface area contributed by atoms with Crippen molar-refractivity contribution < 1.29 is 9.90 Å². The van der Waals surface area contributed by atoms with Crippen molar-refractivity contribution in [2.75, 3.05) is 0 Å². The first-order valence-electron chi connectivity index (χ1n) is 6.23. The van der Waals surface area contributed by atoms with Crippen LogP contribution < -0.4 is 0 Å². The topological polar surface area (TPSA) is 68.0 Å². The predicted molar refractivity (Wildman–Crippen MR) is 62.9 cm³/mol. The minimum absolute atomic E-state index is 0.120. The van der Waals surface area contributed by atoms with E-state index in [-0.39, 0.29) is 5.69 Å². The van der Waals surface area contributed by atoms with Crippen LogP contribution in [0.2, 0.25) is 0 Å². The molecule has 1 aliphatic carbocycles. The number of nitrogens with zero attached hydrogens (tertiary/aromatic N) is 3. The predicted octanol–water partition coefficient (Wildman–Crippen LogP) is 1.97. The van der Waals surface area contributed by atoms with E-state index in [1.165, 1.54) is 12.8 Å². The Morgan fingerprint density at radius 3 is 2.76 bits per heavy atom. The lowest BCUT2D eigenvalue weighted by Crippen LogP contribution is -2.11. The zero-order valence-corrected chi connectivity index (χ0v) is 10.4. The van der Waals surface area contributed by atoms with Gasteiger partial charge in [0, 0.05) is 6.54 Å². The lowest BCUT2D eigenvalue weighted by atomic mass is 10.1. The second-order valence-electron chi connectivity index (χ2n) is 5.24. The van der Waals surface area contributed by atoms with Crippen LogP contribution in [0, 0.1) is 11.8 Å². The number of aromatic nitrogens is 3. The second kappa shape index (κ2) is 4.85. The third-order valence-electron chi connectivity index (χ3n) is 3.09. The summed E-state index contributed by atoms with van der Waals surface area (Å²) in [5, 5.41) is 16.8. The van der Waals surface area contributed by atoms with Crippen molar-refractivity contribution in [2.24, 2.45) is 11.8 Å². The Balaban J connectivity index is 2.14. The minimum Gasteiger partial charge on any atom is -0.476 e. The number of hydrogen-bond acceptors (Lipinski definition) is 3. The fourth-order valence-corrected chi connectivity index (χ4v) is 1.98. The Morgan fingerprint density at radius 2 is 2.24 bits per heavy atom. The Labute approximate surface area is 101 Å². The van der Waals surface area contributed by atoms with Crippen molar-refractivity contribution in [3.05, 3.63) is 11.4 Å². The van der Waals surface area contributed by atoms with Crippen molar-refractivity contribution in [3.8, 4) is 0 Å². The normalized spacial score (nSPS) is 15.5. The molecule has 0 aliphatic heterocycles. The highest BCUT2D eigenvalue weighted by molar-refractivity contribution is 5.86. The van der Waals surface area contributed by atoms with Crippen LogP contribution in [0.4, 0.5) is 0 Å². The average Bonchev–Trinajstić information content (AvgIpc) is 2.98. The molecule has 1 N–H and O–H groups in total. The van der Waals surface area contributed by atoms with Gasteiger partial charge in [-0.15, -0.1) is 5.10 Å². The van der Waals surface area contributed by atoms with Gasteiger partial charge in [-0.1, -0.05) is 31.9 Å². The molecule has 0 amide bonds. The van der Waals surface area contributed by atoms with Gasteiger partial charge in [0.25, 0.3) is 0 Å². The highest BCUT2D eigenvalue weighted by Crippen LogP contribution is 2.32. The van der Waals surface area contributed by atoms with Crippen molar-refractivity contribution in [2.45, 2.75) is 46.1 Å². The van der Waals surface area contributed by atoms with Gasteiger partial charge in [0.05, 0.1) is 5.69 Å². The molecule has 1 aromatic rings. The van der Waals surface area contributed by atoms with Crippen LogP contribution >= 0.6 is 0 Å². The highest BCUT2D eigenvalue weighted by atomic mass is 16.4. The number of rotatable bonds is 6. The summed E-state index contributed by atoms with van der Waals surface area (Å²) in [5.74, 6) is 0.254. The van der Waals surface area contributed by atoms with Crippen molar-refractivity contribution in [1.82, 2.24) is 15.0 Å². The SMILES string of the molecule is CC(C)Cc1c(C(=O)O)nnn1CCC1CC1. The van der Waals surface area contributed by atoms with E-state index in [9.17, 15) is 4.79 Å². The van der Waals surface area contributed by atoms with Crippen molar-refractivity contribution in [3.63, 3.8) is 0 Å². The van der Waals surface area contributed by atoms with Gasteiger partial charge in [-0.2, -0.15) is 0 Å². The summed E-state index contributed by atoms with van der Waals surface area (Å²) in [6.45, 7) is 4.95. The fraction of sp³-hybridized carbons (Fsp3) is 0.750. The van der Waals surface area contributed by atoms with Crippen molar-refractivity contribution in [1.29, 1.82) is 0 Å². The Hall–Kier alpha value is -1.39. The number of aryl methyl sites for hydroxylation is 1. The third kappa shape index (κ3) is 3.05. The first-order chi connectivity index (χ1) is 8.08. The molecule has 1 aliphatic rings. The summed E-state index contributed by atoms with van der Waals surface area (Å²) in [6, 6.07) is 0. The molecule has 1 saturated carbocycles. The fourth-order valence-electron chi connectivity index (χ4n) is 1.98. The third-order valence-corrected chi connectivity index (χ3v) is 3.09. The second-order valence-corrected chi connectivity index (χ2v) is 5.24. The van der Waals surface area contributed by atoms with Crippen molar-refractivity contribution >= 4 is 5.97 Å². The smallest absolute Gasteiger partial charge is 0.358 e. The molecule has 0 unspecified atom stereocenters. The monoisotopic (exact) mass is 237 g/mol. The van der Waals surface area contributed by atoms with E-state index >= 15 is 0 Å². The van der Waals surface area contributed by atoms with E-state index in [1.807, 2.05) is 0 Å². The molecule has 2 rings (SSSR count). The molecule has 5 heteroatoms. The molecule has 0 bridgehead atoms. The van der Waals surface area contributed by atoms with Gasteiger partial charge in [-0.25, -0.2) is 9.48 Å². The van der Waals surface area contributed by atoms with Crippen LogP contribution in [-0.2, 0) is 13.0 Å². The molecule has 1 fully saturated rings. The maximum atomic E-state index is 11.1. The maximum absolute atomic E-state index is 11.1. The summed E-state index contributed by atoms with van der Waals surface area (Å²) in [7, 11) is 0. The quantitative estimate of drug-likeness (QED) is 0.821. The molecule has 1 aromatic heterocycles. The van der Waals surface area contributed by atoms with E-state index in [4.69, 9.17) is 5.11 Å². The Kier molecular flexibility index (Phi) is 3.45. The average molecular weight is 237 g/mol. The summed E-state index contributed by atoms with van der Waals surface area (Å²) < 4.78 is 1.78. The van der Waals surface area contributed by atoms with Crippen LogP contribution in [0.3, 0.4) is 0 Å². The molecule has 0 spiro atoms. The summed E-state index contributed by atoms with van der Waals surface area (Å²) in [6.07, 6.45) is 4.42. The van der Waals surface area contributed by atoms with E-state index in [1.54, 1.807) is 4.68 Å². The summed E-state index contributed by atoms with van der Waals surface area (Å²) in [5.41, 5.74) is 0.891. The summed E-state index contributed by atoms with van der Waals surface area (Å²) >= 11 is 0. The minimum atomic E-state index is -0.974. The van der Waals surface area contributed by atoms with E-state index in [0.29, 0.717) is 5.92 Å². The first kappa shape index (κ1) is 12.1. The molecule has 94 valence electrons. The zero-order valence-electron chi connectivity index (χ0n) is 10.4. The molecular formula is C12H19N3O2. The number of hydrogen-bond donors (Lipinski definition) is 1. The van der Waals surface area contributed by atoms with Gasteiger partial charge < -0.3 is 5.11 Å². The number of aromatic carboxylic acids is 1. The highest BCUT2D eigenvalue weighted by Gasteiger charge is 2.23. The maximum Gasteiger partial charge on any atom is 0.358 e. The van der Waals surface area contributed by atoms with Gasteiger partial charge in [0.1, 0.15) is 0 Å². The molecule has 0 radical (unpaired) electrons. The van der Waals surface area contributed by atoms with Gasteiger partial charge in [0.15, 0.2) is 5.69 Å². The number of carboxylic acid groups (broad SMARTS) is 1. The number of carbonyl (C=O) groups is 1. The number of carboxylic acids is 1. The molecule has 0 saturated heterocycles. The van der Waals surface area contributed by atoms with E-state index in [0.717, 1.165) is 31.0 Å². The summed E-state index contributed by atoms with van der Waals surface area (Å²) in [4.78, 5) is 11.1. The largest absolute Gasteiger partial charge is 0.476 e. The first-order valence-corrected chi connectivity index (χ1v) is 6.23. The van der Waals surface area contributed by atoms with Gasteiger partial charge in [-0.05, 0) is 24.7 Å². The molecule has 5 nitrogen and oxygen atoms in total. The van der Waals surface area contributed by atoms with E-state index in [2.05, 4.69) is 24.2 Å². The standard InChI is InChI=1S/C12H19N3O2/c1-8(2)7-10-11(12(16)17)13-14-15(10)6-5-9-3-4-9/h8-9H,3-7H2,1-2H3,(H,16,17).